The number of fused-ring (bicyclic) bond motifs is 1. The van der Waals surface area contributed by atoms with Gasteiger partial charge < -0.3 is 5.32 Å². The first-order valence-electron chi connectivity index (χ1n) is 7.85. The molecule has 0 saturated carbocycles. The number of aromatic nitrogens is 4. The summed E-state index contributed by atoms with van der Waals surface area (Å²) < 4.78 is 0. The summed E-state index contributed by atoms with van der Waals surface area (Å²) in [6.07, 6.45) is 6.75. The summed E-state index contributed by atoms with van der Waals surface area (Å²) in [4.78, 5) is 18.1. The van der Waals surface area contributed by atoms with E-state index in [1.807, 2.05) is 36.4 Å². The van der Waals surface area contributed by atoms with Crippen LogP contribution in [0.4, 0.5) is 5.82 Å². The molecule has 0 amide bonds. The number of pyridine rings is 2. The maximum atomic E-state index is 4.72. The van der Waals surface area contributed by atoms with Gasteiger partial charge in [-0.2, -0.15) is 0 Å². The number of anilines is 1. The van der Waals surface area contributed by atoms with Gasteiger partial charge in [0.05, 0.1) is 12.2 Å². The molecule has 4 rings (SSSR count). The molecule has 5 nitrogen and oxygen atoms in total. The molecular weight excluding hydrogens is 286 g/mol. The normalized spacial score (nSPS) is 12.9. The summed E-state index contributed by atoms with van der Waals surface area (Å²) in [5.41, 5.74) is 4.19. The van der Waals surface area contributed by atoms with Crippen molar-refractivity contribution in [3.63, 3.8) is 0 Å². The van der Waals surface area contributed by atoms with E-state index < -0.39 is 0 Å². The highest BCUT2D eigenvalue weighted by atomic mass is 15.1. The van der Waals surface area contributed by atoms with E-state index in [0.717, 1.165) is 42.2 Å². The summed E-state index contributed by atoms with van der Waals surface area (Å²) in [6, 6.07) is 11.7. The van der Waals surface area contributed by atoms with Gasteiger partial charge in [0.2, 0.25) is 0 Å². The topological polar surface area (TPSA) is 63.6 Å². The number of nitrogens with one attached hydrogen (secondary N) is 1. The Hall–Kier alpha value is -2.82. The molecule has 0 atom stereocenters. The van der Waals surface area contributed by atoms with Crippen LogP contribution < -0.4 is 5.32 Å². The molecule has 0 unspecified atom stereocenters. The van der Waals surface area contributed by atoms with Crippen molar-refractivity contribution in [3.05, 3.63) is 65.7 Å². The molecule has 0 radical (unpaired) electrons. The lowest BCUT2D eigenvalue weighted by molar-refractivity contribution is 0.899. The van der Waals surface area contributed by atoms with Gasteiger partial charge in [-0.15, -0.1) is 0 Å². The zero-order valence-corrected chi connectivity index (χ0v) is 12.7. The Morgan fingerprint density at radius 1 is 0.913 bits per heavy atom. The number of hydrogen-bond acceptors (Lipinski definition) is 5. The molecule has 5 heteroatoms. The third kappa shape index (κ3) is 2.90. The van der Waals surface area contributed by atoms with Crippen molar-refractivity contribution >= 4 is 5.82 Å². The van der Waals surface area contributed by atoms with Gasteiger partial charge in [-0.1, -0.05) is 12.1 Å². The third-order valence-electron chi connectivity index (χ3n) is 3.99. The summed E-state index contributed by atoms with van der Waals surface area (Å²) in [6.45, 7) is 0.659. The van der Waals surface area contributed by atoms with Crippen LogP contribution in [0.3, 0.4) is 0 Å². The van der Waals surface area contributed by atoms with Crippen molar-refractivity contribution in [2.45, 2.75) is 25.8 Å². The van der Waals surface area contributed by atoms with E-state index in [2.05, 4.69) is 15.3 Å². The summed E-state index contributed by atoms with van der Waals surface area (Å²) in [5.74, 6) is 1.61. The van der Waals surface area contributed by atoms with E-state index in [1.165, 1.54) is 5.56 Å². The zero-order valence-electron chi connectivity index (χ0n) is 12.7. The van der Waals surface area contributed by atoms with Gasteiger partial charge in [-0.3, -0.25) is 9.97 Å². The van der Waals surface area contributed by atoms with Crippen LogP contribution in [0.1, 0.15) is 23.4 Å². The van der Waals surface area contributed by atoms with Crippen LogP contribution in [0.25, 0.3) is 11.5 Å². The van der Waals surface area contributed by atoms with Gasteiger partial charge in [0.15, 0.2) is 5.82 Å². The average Bonchev–Trinajstić information content (AvgIpc) is 3.10. The highest BCUT2D eigenvalue weighted by Gasteiger charge is 2.20. The first kappa shape index (κ1) is 13.8. The SMILES string of the molecule is c1ccc(CNc2nc(-c3ccccn3)nc3c2CCC3)nc1. The fourth-order valence-electron chi connectivity index (χ4n) is 2.87. The summed E-state index contributed by atoms with van der Waals surface area (Å²) >= 11 is 0. The third-order valence-corrected chi connectivity index (χ3v) is 3.99. The molecule has 0 spiro atoms. The zero-order chi connectivity index (χ0) is 15.5. The van der Waals surface area contributed by atoms with Crippen LogP contribution in [-0.2, 0) is 19.4 Å². The van der Waals surface area contributed by atoms with E-state index in [0.29, 0.717) is 12.4 Å². The molecule has 3 aromatic heterocycles. The Balaban J connectivity index is 1.67. The lowest BCUT2D eigenvalue weighted by Crippen LogP contribution is -2.08. The molecule has 1 aliphatic carbocycles. The second-order valence-corrected chi connectivity index (χ2v) is 5.56. The second kappa shape index (κ2) is 6.12. The van der Waals surface area contributed by atoms with Crippen LogP contribution >= 0.6 is 0 Å². The van der Waals surface area contributed by atoms with E-state index in [4.69, 9.17) is 9.97 Å². The molecule has 0 bridgehead atoms. The molecule has 1 aliphatic rings. The molecule has 0 aromatic carbocycles. The predicted molar refractivity (Wildman–Crippen MR) is 88.9 cm³/mol. The maximum Gasteiger partial charge on any atom is 0.180 e. The van der Waals surface area contributed by atoms with Crippen molar-refractivity contribution in [3.8, 4) is 11.5 Å². The van der Waals surface area contributed by atoms with Gasteiger partial charge in [0.25, 0.3) is 0 Å². The smallest absolute Gasteiger partial charge is 0.180 e. The first-order valence-corrected chi connectivity index (χ1v) is 7.85. The lowest BCUT2D eigenvalue weighted by atomic mass is 10.2. The summed E-state index contributed by atoms with van der Waals surface area (Å²) in [5, 5.41) is 3.43. The maximum absolute atomic E-state index is 4.72. The second-order valence-electron chi connectivity index (χ2n) is 5.56. The minimum absolute atomic E-state index is 0.659. The largest absolute Gasteiger partial charge is 0.364 e. The minimum Gasteiger partial charge on any atom is -0.364 e. The van der Waals surface area contributed by atoms with Crippen molar-refractivity contribution in [2.75, 3.05) is 5.32 Å². The Kier molecular flexibility index (Phi) is 3.68. The van der Waals surface area contributed by atoms with Gasteiger partial charge in [-0.05, 0) is 43.5 Å². The lowest BCUT2D eigenvalue weighted by Gasteiger charge is -2.11. The van der Waals surface area contributed by atoms with E-state index in [-0.39, 0.29) is 0 Å². The van der Waals surface area contributed by atoms with Crippen LogP contribution in [0.2, 0.25) is 0 Å². The van der Waals surface area contributed by atoms with Crippen LogP contribution in [0.5, 0.6) is 0 Å². The predicted octanol–water partition coefficient (Wildman–Crippen LogP) is 3.03. The van der Waals surface area contributed by atoms with E-state index in [9.17, 15) is 0 Å². The van der Waals surface area contributed by atoms with Crippen molar-refractivity contribution < 1.29 is 0 Å². The van der Waals surface area contributed by atoms with E-state index >= 15 is 0 Å². The quantitative estimate of drug-likeness (QED) is 0.802. The average molecular weight is 303 g/mol. The molecule has 114 valence electrons. The molecule has 3 aromatic rings. The van der Waals surface area contributed by atoms with Crippen LogP contribution in [-0.4, -0.2) is 19.9 Å². The Morgan fingerprint density at radius 3 is 2.57 bits per heavy atom. The first-order chi connectivity index (χ1) is 11.4. The fourth-order valence-corrected chi connectivity index (χ4v) is 2.87. The molecule has 0 aliphatic heterocycles. The number of rotatable bonds is 4. The Morgan fingerprint density at radius 2 is 1.78 bits per heavy atom. The Labute approximate surface area is 134 Å². The van der Waals surface area contributed by atoms with Crippen molar-refractivity contribution in [2.24, 2.45) is 0 Å². The molecule has 1 N–H and O–H groups in total. The van der Waals surface area contributed by atoms with E-state index in [1.54, 1.807) is 12.4 Å². The molecular formula is C18H17N5. The van der Waals surface area contributed by atoms with Gasteiger partial charge in [0.1, 0.15) is 11.5 Å². The monoisotopic (exact) mass is 303 g/mol. The number of aryl methyl sites for hydroxylation is 1. The number of hydrogen-bond donors (Lipinski definition) is 1. The van der Waals surface area contributed by atoms with Crippen LogP contribution in [0.15, 0.2) is 48.8 Å². The van der Waals surface area contributed by atoms with Crippen molar-refractivity contribution in [1.82, 2.24) is 19.9 Å². The Bertz CT molecular complexity index is 802. The summed E-state index contributed by atoms with van der Waals surface area (Å²) in [7, 11) is 0. The van der Waals surface area contributed by atoms with Gasteiger partial charge >= 0.3 is 0 Å². The standard InChI is InChI=1S/C18H17N5/c1-3-10-19-13(6-1)12-21-17-14-7-5-9-15(14)22-18(23-17)16-8-2-4-11-20-16/h1-4,6,8,10-11H,5,7,9,12H2,(H,21,22,23). The number of nitrogens with zero attached hydrogens (tertiary/aromatic N) is 4. The molecule has 0 fully saturated rings. The highest BCUT2D eigenvalue weighted by Crippen LogP contribution is 2.28. The molecule has 3 heterocycles. The minimum atomic E-state index is 0.659. The van der Waals surface area contributed by atoms with Crippen molar-refractivity contribution in [1.29, 1.82) is 0 Å². The fraction of sp³-hybridized carbons (Fsp3) is 0.222. The van der Waals surface area contributed by atoms with Crippen LogP contribution in [0, 0.1) is 0 Å². The van der Waals surface area contributed by atoms with Gasteiger partial charge in [0, 0.05) is 23.7 Å². The van der Waals surface area contributed by atoms with Gasteiger partial charge in [-0.25, -0.2) is 9.97 Å². The highest BCUT2D eigenvalue weighted by molar-refractivity contribution is 5.57. The molecule has 0 saturated heterocycles. The molecule has 23 heavy (non-hydrogen) atoms.